The van der Waals surface area contributed by atoms with E-state index in [1.807, 2.05) is 0 Å². The summed E-state index contributed by atoms with van der Waals surface area (Å²) < 4.78 is 49.6. The van der Waals surface area contributed by atoms with Crippen molar-refractivity contribution in [3.05, 3.63) is 53.6 Å². The third-order valence-corrected chi connectivity index (χ3v) is 3.66. The quantitative estimate of drug-likeness (QED) is 0.472. The number of benzene rings is 2. The smallest absolute Gasteiger partial charge is 0.387 e. The third kappa shape index (κ3) is 5.87. The van der Waals surface area contributed by atoms with Gasteiger partial charge in [-0.05, 0) is 35.9 Å². The van der Waals surface area contributed by atoms with E-state index in [9.17, 15) is 13.6 Å². The first-order valence-corrected chi connectivity index (χ1v) is 8.15. The Bertz CT molecular complexity index is 835. The Hall–Kier alpha value is -3.29. The number of hydrogen-bond donors (Lipinski definition) is 0. The van der Waals surface area contributed by atoms with Crippen molar-refractivity contribution >= 4 is 12.0 Å². The molecule has 28 heavy (non-hydrogen) atoms. The average Bonchev–Trinajstić information content (AvgIpc) is 2.70. The lowest BCUT2D eigenvalue weighted by Crippen LogP contribution is -2.05. The number of carbonyl (C=O) groups excluding carboxylic acids is 1. The van der Waals surface area contributed by atoms with E-state index < -0.39 is 12.6 Å². The highest BCUT2D eigenvalue weighted by Gasteiger charge is 2.11. The molecule has 0 amide bonds. The fourth-order valence-electron chi connectivity index (χ4n) is 2.31. The van der Waals surface area contributed by atoms with Crippen molar-refractivity contribution in [2.24, 2.45) is 0 Å². The number of alkyl halides is 2. The van der Waals surface area contributed by atoms with Gasteiger partial charge in [0.1, 0.15) is 18.1 Å². The van der Waals surface area contributed by atoms with Crippen LogP contribution < -0.4 is 18.9 Å². The molecule has 2 rings (SSSR count). The summed E-state index contributed by atoms with van der Waals surface area (Å²) in [6.07, 6.45) is 2.82. The van der Waals surface area contributed by atoms with Crippen molar-refractivity contribution in [2.75, 3.05) is 21.3 Å². The monoisotopic (exact) mass is 394 g/mol. The van der Waals surface area contributed by atoms with Gasteiger partial charge in [0.15, 0.2) is 11.5 Å². The van der Waals surface area contributed by atoms with E-state index in [-0.39, 0.29) is 18.1 Å². The Morgan fingerprint density at radius 1 is 0.964 bits per heavy atom. The van der Waals surface area contributed by atoms with Gasteiger partial charge in [0, 0.05) is 17.7 Å². The largest absolute Gasteiger partial charge is 0.497 e. The number of methoxy groups -OCH3 is 3. The van der Waals surface area contributed by atoms with Crippen molar-refractivity contribution in [2.45, 2.75) is 13.2 Å². The number of ether oxygens (including phenoxy) is 5. The van der Waals surface area contributed by atoms with E-state index in [1.54, 1.807) is 31.4 Å². The molecule has 0 unspecified atom stereocenters. The number of rotatable bonds is 9. The topological polar surface area (TPSA) is 63.2 Å². The Morgan fingerprint density at radius 3 is 2.36 bits per heavy atom. The zero-order chi connectivity index (χ0) is 20.5. The zero-order valence-electron chi connectivity index (χ0n) is 15.6. The van der Waals surface area contributed by atoms with Crippen LogP contribution >= 0.6 is 0 Å². The molecule has 0 aliphatic carbocycles. The highest BCUT2D eigenvalue weighted by molar-refractivity contribution is 5.87. The van der Waals surface area contributed by atoms with Gasteiger partial charge in [-0.3, -0.25) is 0 Å². The summed E-state index contributed by atoms with van der Waals surface area (Å²) in [6.45, 7) is -3.02. The predicted molar refractivity (Wildman–Crippen MR) is 98.0 cm³/mol. The maximum absolute atomic E-state index is 12.3. The van der Waals surface area contributed by atoms with Gasteiger partial charge >= 0.3 is 12.6 Å². The van der Waals surface area contributed by atoms with Crippen LogP contribution in [0.25, 0.3) is 6.08 Å². The molecule has 0 radical (unpaired) electrons. The molecule has 0 saturated carbocycles. The van der Waals surface area contributed by atoms with Gasteiger partial charge in [0.2, 0.25) is 0 Å². The molecule has 6 nitrogen and oxygen atoms in total. The summed E-state index contributed by atoms with van der Waals surface area (Å²) in [7, 11) is 4.39. The van der Waals surface area contributed by atoms with Gasteiger partial charge in [-0.1, -0.05) is 6.07 Å². The second kappa shape index (κ2) is 10.1. The fourth-order valence-corrected chi connectivity index (χ4v) is 2.31. The maximum Gasteiger partial charge on any atom is 0.387 e. The van der Waals surface area contributed by atoms with Crippen LogP contribution in [0, 0.1) is 0 Å². The first kappa shape index (κ1) is 21.0. The molecule has 0 aliphatic rings. The van der Waals surface area contributed by atoms with E-state index >= 15 is 0 Å². The van der Waals surface area contributed by atoms with Crippen molar-refractivity contribution in [1.82, 2.24) is 0 Å². The Labute approximate surface area is 161 Å². The lowest BCUT2D eigenvalue weighted by atomic mass is 10.1. The maximum atomic E-state index is 12.3. The minimum atomic E-state index is -2.96. The summed E-state index contributed by atoms with van der Waals surface area (Å²) in [5.74, 6) is 0.615. The van der Waals surface area contributed by atoms with Gasteiger partial charge < -0.3 is 23.7 Å². The van der Waals surface area contributed by atoms with E-state index in [1.165, 1.54) is 38.5 Å². The lowest BCUT2D eigenvalue weighted by molar-refractivity contribution is -0.138. The van der Waals surface area contributed by atoms with Crippen LogP contribution in [0.15, 0.2) is 42.5 Å². The highest BCUT2D eigenvalue weighted by Crippen LogP contribution is 2.30. The van der Waals surface area contributed by atoms with Crippen LogP contribution in [0.1, 0.15) is 11.1 Å². The normalized spacial score (nSPS) is 10.8. The Morgan fingerprint density at radius 2 is 1.71 bits per heavy atom. The van der Waals surface area contributed by atoms with Gasteiger partial charge in [0.05, 0.1) is 21.3 Å². The molecule has 2 aromatic carbocycles. The molecule has 0 fully saturated rings. The SMILES string of the molecule is COc1ccc(C=CC(=O)OCc2ccc(OC(F)F)c(OC)c2)c(OC)c1. The van der Waals surface area contributed by atoms with Gasteiger partial charge in [-0.25, -0.2) is 4.79 Å². The molecule has 0 aliphatic heterocycles. The zero-order valence-corrected chi connectivity index (χ0v) is 15.6. The van der Waals surface area contributed by atoms with Gasteiger partial charge in [-0.15, -0.1) is 0 Å². The minimum absolute atomic E-state index is 0.0613. The number of esters is 1. The first-order chi connectivity index (χ1) is 13.5. The van der Waals surface area contributed by atoms with Crippen LogP contribution in [0.3, 0.4) is 0 Å². The molecular weight excluding hydrogens is 374 g/mol. The lowest BCUT2D eigenvalue weighted by Gasteiger charge is -2.11. The Balaban J connectivity index is 1.99. The van der Waals surface area contributed by atoms with Crippen molar-refractivity contribution in [3.63, 3.8) is 0 Å². The number of carbonyl (C=O) groups is 1. The Kier molecular flexibility index (Phi) is 7.62. The molecule has 0 spiro atoms. The molecule has 0 atom stereocenters. The molecule has 0 bridgehead atoms. The van der Waals surface area contributed by atoms with Crippen LogP contribution in [0.5, 0.6) is 23.0 Å². The van der Waals surface area contributed by atoms with Crippen LogP contribution in [0.4, 0.5) is 8.78 Å². The summed E-state index contributed by atoms with van der Waals surface area (Å²) in [5.41, 5.74) is 1.23. The van der Waals surface area contributed by atoms with Gasteiger partial charge in [0.25, 0.3) is 0 Å². The van der Waals surface area contributed by atoms with E-state index in [2.05, 4.69) is 4.74 Å². The van der Waals surface area contributed by atoms with Crippen LogP contribution in [-0.2, 0) is 16.1 Å². The molecule has 150 valence electrons. The molecule has 2 aromatic rings. The summed E-state index contributed by atoms with van der Waals surface area (Å²) in [6, 6.07) is 9.47. The number of hydrogen-bond acceptors (Lipinski definition) is 6. The molecule has 8 heteroatoms. The van der Waals surface area contributed by atoms with Crippen LogP contribution in [0.2, 0.25) is 0 Å². The molecule has 0 N–H and O–H groups in total. The molecule has 0 aromatic heterocycles. The van der Waals surface area contributed by atoms with Crippen molar-refractivity contribution in [3.8, 4) is 23.0 Å². The van der Waals surface area contributed by atoms with Crippen LogP contribution in [-0.4, -0.2) is 33.9 Å². The molecular formula is C20H20F2O6. The highest BCUT2D eigenvalue weighted by atomic mass is 19.3. The predicted octanol–water partition coefficient (Wildman–Crippen LogP) is 4.07. The first-order valence-electron chi connectivity index (χ1n) is 8.15. The molecule has 0 saturated heterocycles. The summed E-state index contributed by atoms with van der Waals surface area (Å²) in [5, 5.41) is 0. The van der Waals surface area contributed by atoms with Crippen molar-refractivity contribution < 1.29 is 37.3 Å². The van der Waals surface area contributed by atoms with E-state index in [0.29, 0.717) is 22.6 Å². The summed E-state index contributed by atoms with van der Waals surface area (Å²) >= 11 is 0. The molecule has 0 heterocycles. The fraction of sp³-hybridized carbons (Fsp3) is 0.250. The second-order valence-electron chi connectivity index (χ2n) is 5.41. The third-order valence-electron chi connectivity index (χ3n) is 3.66. The average molecular weight is 394 g/mol. The van der Waals surface area contributed by atoms with E-state index in [4.69, 9.17) is 18.9 Å². The van der Waals surface area contributed by atoms with Gasteiger partial charge in [-0.2, -0.15) is 8.78 Å². The van der Waals surface area contributed by atoms with E-state index in [0.717, 1.165) is 0 Å². The van der Waals surface area contributed by atoms with Crippen molar-refractivity contribution in [1.29, 1.82) is 0 Å². The minimum Gasteiger partial charge on any atom is -0.497 e. The number of halogens is 2. The standard InChI is InChI=1S/C20H20F2O6/c1-24-15-7-5-14(17(11-15)25-2)6-9-19(23)27-12-13-4-8-16(28-20(21)22)18(10-13)26-3/h4-11,20H,12H2,1-3H3. The second-order valence-corrected chi connectivity index (χ2v) is 5.41. The summed E-state index contributed by atoms with van der Waals surface area (Å²) in [4.78, 5) is 11.9.